The lowest BCUT2D eigenvalue weighted by Gasteiger charge is -2.07. The van der Waals surface area contributed by atoms with E-state index in [1.165, 1.54) is 12.4 Å². The number of ketones is 1. The molecule has 14 heavy (non-hydrogen) atoms. The van der Waals surface area contributed by atoms with Crippen molar-refractivity contribution < 1.29 is 14.8 Å². The summed E-state index contributed by atoms with van der Waals surface area (Å²) in [5.41, 5.74) is 1.92. The van der Waals surface area contributed by atoms with Gasteiger partial charge in [-0.05, 0) is 6.92 Å². The lowest BCUT2D eigenvalue weighted by atomic mass is 9.99. The van der Waals surface area contributed by atoms with Crippen LogP contribution in [0.4, 0.5) is 0 Å². The highest BCUT2D eigenvalue weighted by molar-refractivity contribution is 6.09. The molecule has 0 aromatic heterocycles. The van der Waals surface area contributed by atoms with Crippen LogP contribution < -0.4 is 5.48 Å². The summed E-state index contributed by atoms with van der Waals surface area (Å²) < 4.78 is 0. The van der Waals surface area contributed by atoms with E-state index in [1.54, 1.807) is 30.3 Å². The van der Waals surface area contributed by atoms with Crippen LogP contribution in [0.1, 0.15) is 17.3 Å². The maximum absolute atomic E-state index is 11.6. The Morgan fingerprint density at radius 3 is 2.36 bits per heavy atom. The number of hydrogen-bond donors (Lipinski definition) is 2. The Bertz CT molecular complexity index is 334. The normalized spacial score (nSPS) is 11.9. The first-order valence-electron chi connectivity index (χ1n) is 4.20. The van der Waals surface area contributed by atoms with Gasteiger partial charge in [0.15, 0.2) is 5.78 Å². The summed E-state index contributed by atoms with van der Waals surface area (Å²) >= 11 is 0. The molecule has 0 fully saturated rings. The second-order valence-electron chi connectivity index (χ2n) is 2.93. The van der Waals surface area contributed by atoms with Gasteiger partial charge in [-0.3, -0.25) is 14.8 Å². The lowest BCUT2D eigenvalue weighted by molar-refractivity contribution is -0.131. The van der Waals surface area contributed by atoms with Crippen molar-refractivity contribution in [2.75, 3.05) is 0 Å². The molecule has 0 aliphatic carbocycles. The van der Waals surface area contributed by atoms with Gasteiger partial charge in [0.25, 0.3) is 5.91 Å². The van der Waals surface area contributed by atoms with Crippen LogP contribution in [0.5, 0.6) is 0 Å². The maximum Gasteiger partial charge on any atom is 0.253 e. The van der Waals surface area contributed by atoms with Crippen LogP contribution in [0.2, 0.25) is 0 Å². The van der Waals surface area contributed by atoms with E-state index in [0.29, 0.717) is 5.56 Å². The number of nitrogens with one attached hydrogen (secondary N) is 1. The van der Waals surface area contributed by atoms with Crippen molar-refractivity contribution in [1.82, 2.24) is 5.48 Å². The van der Waals surface area contributed by atoms with Crippen molar-refractivity contribution in [2.24, 2.45) is 5.92 Å². The van der Waals surface area contributed by atoms with Crippen LogP contribution in [0, 0.1) is 5.92 Å². The highest BCUT2D eigenvalue weighted by atomic mass is 16.5. The van der Waals surface area contributed by atoms with Gasteiger partial charge in [-0.25, -0.2) is 5.48 Å². The Hall–Kier alpha value is -1.68. The molecule has 0 radical (unpaired) electrons. The van der Waals surface area contributed by atoms with Crippen molar-refractivity contribution in [3.8, 4) is 0 Å². The summed E-state index contributed by atoms with van der Waals surface area (Å²) in [6.45, 7) is 1.45. The number of hydrogen-bond acceptors (Lipinski definition) is 3. The Morgan fingerprint density at radius 1 is 1.29 bits per heavy atom. The molecular weight excluding hydrogens is 182 g/mol. The van der Waals surface area contributed by atoms with E-state index < -0.39 is 11.8 Å². The van der Waals surface area contributed by atoms with E-state index in [9.17, 15) is 9.59 Å². The molecule has 1 rings (SSSR count). The molecule has 0 aliphatic heterocycles. The molecule has 1 amide bonds. The van der Waals surface area contributed by atoms with Crippen molar-refractivity contribution in [3.05, 3.63) is 35.9 Å². The highest BCUT2D eigenvalue weighted by Gasteiger charge is 2.21. The fourth-order valence-corrected chi connectivity index (χ4v) is 1.07. The molecule has 0 bridgehead atoms. The zero-order valence-electron chi connectivity index (χ0n) is 7.73. The topological polar surface area (TPSA) is 66.4 Å². The van der Waals surface area contributed by atoms with Gasteiger partial charge in [0.2, 0.25) is 0 Å². The Labute approximate surface area is 81.5 Å². The van der Waals surface area contributed by atoms with Crippen LogP contribution >= 0.6 is 0 Å². The number of amides is 1. The third-order valence-corrected chi connectivity index (χ3v) is 1.96. The maximum atomic E-state index is 11.6. The first-order chi connectivity index (χ1) is 6.66. The summed E-state index contributed by atoms with van der Waals surface area (Å²) in [4.78, 5) is 22.5. The highest BCUT2D eigenvalue weighted by Crippen LogP contribution is 2.08. The summed E-state index contributed by atoms with van der Waals surface area (Å²) in [6, 6.07) is 8.48. The predicted molar refractivity (Wildman–Crippen MR) is 49.9 cm³/mol. The van der Waals surface area contributed by atoms with E-state index in [1.807, 2.05) is 0 Å². The van der Waals surface area contributed by atoms with Crippen molar-refractivity contribution >= 4 is 11.7 Å². The van der Waals surface area contributed by atoms with Crippen LogP contribution in [-0.2, 0) is 4.79 Å². The van der Waals surface area contributed by atoms with Crippen LogP contribution in [0.25, 0.3) is 0 Å². The van der Waals surface area contributed by atoms with E-state index in [4.69, 9.17) is 5.21 Å². The number of rotatable bonds is 3. The minimum atomic E-state index is -0.873. The Morgan fingerprint density at radius 2 is 1.86 bits per heavy atom. The molecule has 74 valence electrons. The Kier molecular flexibility index (Phi) is 3.36. The molecule has 1 aromatic rings. The molecule has 0 aliphatic rings. The first-order valence-corrected chi connectivity index (χ1v) is 4.20. The van der Waals surface area contributed by atoms with Crippen LogP contribution in [0.15, 0.2) is 30.3 Å². The quantitative estimate of drug-likeness (QED) is 0.326. The van der Waals surface area contributed by atoms with Crippen molar-refractivity contribution in [2.45, 2.75) is 6.92 Å². The van der Waals surface area contributed by atoms with Crippen LogP contribution in [0.3, 0.4) is 0 Å². The number of carbonyl (C=O) groups is 2. The summed E-state index contributed by atoms with van der Waals surface area (Å²) in [6.07, 6.45) is 0. The van der Waals surface area contributed by atoms with Gasteiger partial charge in [0, 0.05) is 5.56 Å². The average molecular weight is 193 g/mol. The van der Waals surface area contributed by atoms with Gasteiger partial charge in [0.1, 0.15) is 5.92 Å². The molecule has 4 heteroatoms. The smallest absolute Gasteiger partial charge is 0.253 e. The standard InChI is InChI=1S/C10H11NO3/c1-7(10(13)11-14)9(12)8-5-3-2-4-6-8/h2-7,14H,1H3,(H,11,13). The summed E-state index contributed by atoms with van der Waals surface area (Å²) in [7, 11) is 0. The van der Waals surface area contributed by atoms with Crippen LogP contribution in [-0.4, -0.2) is 16.9 Å². The third-order valence-electron chi connectivity index (χ3n) is 1.96. The van der Waals surface area contributed by atoms with E-state index in [0.717, 1.165) is 0 Å². The molecular formula is C10H11NO3. The van der Waals surface area contributed by atoms with Gasteiger partial charge in [0.05, 0.1) is 0 Å². The first kappa shape index (κ1) is 10.4. The second-order valence-corrected chi connectivity index (χ2v) is 2.93. The number of benzene rings is 1. The van der Waals surface area contributed by atoms with Gasteiger partial charge in [-0.1, -0.05) is 30.3 Å². The number of carbonyl (C=O) groups excluding carboxylic acids is 2. The average Bonchev–Trinajstić information content (AvgIpc) is 2.27. The number of hydroxylamine groups is 1. The molecule has 2 N–H and O–H groups in total. The Balaban J connectivity index is 2.81. The van der Waals surface area contributed by atoms with Gasteiger partial charge in [-0.2, -0.15) is 0 Å². The molecule has 0 heterocycles. The van der Waals surface area contributed by atoms with E-state index in [-0.39, 0.29) is 5.78 Å². The molecule has 1 unspecified atom stereocenters. The van der Waals surface area contributed by atoms with Gasteiger partial charge >= 0.3 is 0 Å². The number of Topliss-reactive ketones (excluding diaryl/α,β-unsaturated/α-hetero) is 1. The zero-order valence-corrected chi connectivity index (χ0v) is 7.73. The fourth-order valence-electron chi connectivity index (χ4n) is 1.07. The summed E-state index contributed by atoms with van der Waals surface area (Å²) in [5, 5.41) is 8.35. The molecule has 1 aromatic carbocycles. The van der Waals surface area contributed by atoms with E-state index in [2.05, 4.69) is 0 Å². The van der Waals surface area contributed by atoms with Crippen molar-refractivity contribution in [3.63, 3.8) is 0 Å². The fraction of sp³-hybridized carbons (Fsp3) is 0.200. The SMILES string of the molecule is CC(C(=O)NO)C(=O)c1ccccc1. The predicted octanol–water partition coefficient (Wildman–Crippen LogP) is 1.01. The molecule has 1 atom stereocenters. The van der Waals surface area contributed by atoms with Gasteiger partial charge < -0.3 is 0 Å². The van der Waals surface area contributed by atoms with Gasteiger partial charge in [-0.15, -0.1) is 0 Å². The largest absolute Gasteiger partial charge is 0.293 e. The third kappa shape index (κ3) is 2.17. The zero-order chi connectivity index (χ0) is 10.6. The van der Waals surface area contributed by atoms with E-state index >= 15 is 0 Å². The molecule has 4 nitrogen and oxygen atoms in total. The minimum absolute atomic E-state index is 0.308. The molecule has 0 spiro atoms. The summed E-state index contributed by atoms with van der Waals surface area (Å²) in [5.74, 6) is -1.88. The monoisotopic (exact) mass is 193 g/mol. The minimum Gasteiger partial charge on any atom is -0.293 e. The van der Waals surface area contributed by atoms with Crippen molar-refractivity contribution in [1.29, 1.82) is 0 Å². The molecule has 0 saturated heterocycles. The molecule has 0 saturated carbocycles. The second kappa shape index (κ2) is 4.53. The lowest BCUT2D eigenvalue weighted by Crippen LogP contribution is -2.31.